The minimum atomic E-state index is -0.677. The Hall–Kier alpha value is -2.77. The number of para-hydroxylation sites is 1. The zero-order valence-corrected chi connectivity index (χ0v) is 14.7. The average Bonchev–Trinajstić information content (AvgIpc) is 3.06. The molecule has 1 aliphatic heterocycles. The molecule has 0 unspecified atom stereocenters. The van der Waals surface area contributed by atoms with Gasteiger partial charge >= 0.3 is 0 Å². The predicted octanol–water partition coefficient (Wildman–Crippen LogP) is 2.66. The second-order valence-corrected chi connectivity index (χ2v) is 7.04. The first-order valence-electron chi connectivity index (χ1n) is 8.28. The van der Waals surface area contributed by atoms with Crippen LogP contribution < -0.4 is 5.32 Å². The maximum Gasteiger partial charge on any atom is 0.251 e. The van der Waals surface area contributed by atoms with E-state index in [1.807, 2.05) is 54.6 Å². The van der Waals surface area contributed by atoms with Crippen molar-refractivity contribution in [1.29, 1.82) is 0 Å². The van der Waals surface area contributed by atoms with E-state index in [0.717, 1.165) is 15.8 Å². The first-order chi connectivity index (χ1) is 12.7. The standard InChI is InChI=1S/C19H17N3O3S/c23-17-12-25-11-15(22(17)10-13-6-2-1-3-7-13)18(24)21-19-20-14-8-4-5-9-16(14)26-19/h1-9,15H,10-12H2,(H,20,21,24)/t15-/m1/s1. The van der Waals surface area contributed by atoms with Crippen molar-refractivity contribution in [3.8, 4) is 0 Å². The van der Waals surface area contributed by atoms with Crippen molar-refractivity contribution >= 4 is 38.5 Å². The Morgan fingerprint density at radius 3 is 2.77 bits per heavy atom. The summed E-state index contributed by atoms with van der Waals surface area (Å²) in [6, 6.07) is 16.6. The van der Waals surface area contributed by atoms with Crippen LogP contribution in [-0.2, 0) is 20.9 Å². The number of nitrogens with one attached hydrogen (secondary N) is 1. The van der Waals surface area contributed by atoms with Gasteiger partial charge < -0.3 is 15.0 Å². The number of morpholine rings is 1. The SMILES string of the molecule is O=C(Nc1nc2ccccc2s1)[C@H]1COCC(=O)N1Cc1ccccc1. The van der Waals surface area contributed by atoms with Gasteiger partial charge in [0, 0.05) is 6.54 Å². The number of carbonyl (C=O) groups excluding carboxylic acids is 2. The van der Waals surface area contributed by atoms with Crippen LogP contribution >= 0.6 is 11.3 Å². The van der Waals surface area contributed by atoms with Crippen LogP contribution in [-0.4, -0.2) is 41.0 Å². The van der Waals surface area contributed by atoms with Crippen LogP contribution in [0.15, 0.2) is 54.6 Å². The van der Waals surface area contributed by atoms with E-state index in [4.69, 9.17) is 4.74 Å². The van der Waals surface area contributed by atoms with Gasteiger partial charge in [-0.25, -0.2) is 4.98 Å². The highest BCUT2D eigenvalue weighted by Gasteiger charge is 2.34. The molecule has 0 spiro atoms. The molecule has 2 amide bonds. The van der Waals surface area contributed by atoms with Crippen molar-refractivity contribution in [3.63, 3.8) is 0 Å². The monoisotopic (exact) mass is 367 g/mol. The van der Waals surface area contributed by atoms with Gasteiger partial charge in [0.2, 0.25) is 5.91 Å². The van der Waals surface area contributed by atoms with Gasteiger partial charge in [-0.15, -0.1) is 0 Å². The van der Waals surface area contributed by atoms with Gasteiger partial charge in [-0.2, -0.15) is 0 Å². The molecule has 132 valence electrons. The molecule has 1 atom stereocenters. The molecule has 0 radical (unpaired) electrons. The lowest BCUT2D eigenvalue weighted by Gasteiger charge is -2.34. The number of anilines is 1. The molecule has 1 aromatic heterocycles. The first-order valence-corrected chi connectivity index (χ1v) is 9.10. The molecule has 1 N–H and O–H groups in total. The maximum absolute atomic E-state index is 12.8. The smallest absolute Gasteiger partial charge is 0.251 e. The Labute approximate surface area is 154 Å². The molecule has 2 aromatic carbocycles. The van der Waals surface area contributed by atoms with Gasteiger partial charge in [0.1, 0.15) is 12.6 Å². The molecule has 2 heterocycles. The van der Waals surface area contributed by atoms with Crippen molar-refractivity contribution in [2.24, 2.45) is 0 Å². The quantitative estimate of drug-likeness (QED) is 0.770. The fourth-order valence-corrected chi connectivity index (χ4v) is 3.78. The minimum Gasteiger partial charge on any atom is -0.369 e. The van der Waals surface area contributed by atoms with Gasteiger partial charge in [0.25, 0.3) is 5.91 Å². The normalized spacial score (nSPS) is 17.5. The van der Waals surface area contributed by atoms with Gasteiger partial charge in [-0.1, -0.05) is 53.8 Å². The lowest BCUT2D eigenvalue weighted by Crippen LogP contribution is -2.54. The summed E-state index contributed by atoms with van der Waals surface area (Å²) in [4.78, 5) is 31.1. The molecule has 0 aliphatic carbocycles. The summed E-state index contributed by atoms with van der Waals surface area (Å²) in [5.74, 6) is -0.474. The number of hydrogen-bond acceptors (Lipinski definition) is 5. The predicted molar refractivity (Wildman–Crippen MR) is 99.8 cm³/mol. The number of rotatable bonds is 4. The number of carbonyl (C=O) groups is 2. The third-order valence-electron chi connectivity index (χ3n) is 4.22. The van der Waals surface area contributed by atoms with Gasteiger partial charge in [0.15, 0.2) is 5.13 Å². The minimum absolute atomic E-state index is 0.00223. The molecule has 26 heavy (non-hydrogen) atoms. The number of nitrogens with zero attached hydrogens (tertiary/aromatic N) is 2. The van der Waals surface area contributed by atoms with Gasteiger partial charge in [-0.05, 0) is 17.7 Å². The maximum atomic E-state index is 12.8. The number of hydrogen-bond donors (Lipinski definition) is 1. The molecular formula is C19H17N3O3S. The average molecular weight is 367 g/mol. The van der Waals surface area contributed by atoms with Crippen LogP contribution in [0, 0.1) is 0 Å². The van der Waals surface area contributed by atoms with E-state index in [2.05, 4.69) is 10.3 Å². The Morgan fingerprint density at radius 2 is 1.96 bits per heavy atom. The molecular weight excluding hydrogens is 350 g/mol. The van der Waals surface area contributed by atoms with E-state index >= 15 is 0 Å². The number of thiazole rings is 1. The summed E-state index contributed by atoms with van der Waals surface area (Å²) in [6.45, 7) is 0.550. The molecule has 7 heteroatoms. The molecule has 3 aromatic rings. The largest absolute Gasteiger partial charge is 0.369 e. The third-order valence-corrected chi connectivity index (χ3v) is 5.17. The summed E-state index contributed by atoms with van der Waals surface area (Å²) in [5, 5.41) is 3.35. The van der Waals surface area contributed by atoms with Crippen LogP contribution in [0.25, 0.3) is 10.2 Å². The molecule has 4 rings (SSSR count). The van der Waals surface area contributed by atoms with Crippen molar-refractivity contribution in [2.75, 3.05) is 18.5 Å². The fraction of sp³-hybridized carbons (Fsp3) is 0.211. The van der Waals surface area contributed by atoms with Crippen molar-refractivity contribution < 1.29 is 14.3 Å². The molecule has 1 fully saturated rings. The summed E-state index contributed by atoms with van der Waals surface area (Å²) in [7, 11) is 0. The second kappa shape index (κ2) is 7.23. The molecule has 1 saturated heterocycles. The Balaban J connectivity index is 1.53. The highest BCUT2D eigenvalue weighted by atomic mass is 32.1. The van der Waals surface area contributed by atoms with E-state index < -0.39 is 6.04 Å². The lowest BCUT2D eigenvalue weighted by molar-refractivity contribution is -0.154. The fourth-order valence-electron chi connectivity index (χ4n) is 2.91. The zero-order chi connectivity index (χ0) is 17.9. The van der Waals surface area contributed by atoms with Crippen LogP contribution in [0.5, 0.6) is 0 Å². The molecule has 0 saturated carbocycles. The second-order valence-electron chi connectivity index (χ2n) is 6.01. The van der Waals surface area contributed by atoms with E-state index in [9.17, 15) is 9.59 Å². The lowest BCUT2D eigenvalue weighted by atomic mass is 10.1. The zero-order valence-electron chi connectivity index (χ0n) is 13.9. The van der Waals surface area contributed by atoms with Crippen LogP contribution in [0.4, 0.5) is 5.13 Å². The topological polar surface area (TPSA) is 71.5 Å². The van der Waals surface area contributed by atoms with Crippen molar-refractivity contribution in [1.82, 2.24) is 9.88 Å². The van der Waals surface area contributed by atoms with E-state index in [0.29, 0.717) is 11.7 Å². The van der Waals surface area contributed by atoms with Gasteiger partial charge in [-0.3, -0.25) is 9.59 Å². The Bertz CT molecular complexity index is 908. The van der Waals surface area contributed by atoms with Crippen molar-refractivity contribution in [3.05, 3.63) is 60.2 Å². The van der Waals surface area contributed by atoms with Gasteiger partial charge in [0.05, 0.1) is 16.8 Å². The number of aromatic nitrogens is 1. The molecule has 1 aliphatic rings. The van der Waals surface area contributed by atoms with E-state index in [1.54, 1.807) is 4.90 Å². The van der Waals surface area contributed by atoms with E-state index in [1.165, 1.54) is 11.3 Å². The number of ether oxygens (including phenoxy) is 1. The van der Waals surface area contributed by atoms with Crippen LogP contribution in [0.3, 0.4) is 0 Å². The Morgan fingerprint density at radius 1 is 1.19 bits per heavy atom. The molecule has 0 bridgehead atoms. The number of amides is 2. The first kappa shape index (κ1) is 16.7. The summed E-state index contributed by atoms with van der Waals surface area (Å²) in [6.07, 6.45) is 0. The third kappa shape index (κ3) is 3.44. The van der Waals surface area contributed by atoms with E-state index in [-0.39, 0.29) is 25.0 Å². The van der Waals surface area contributed by atoms with Crippen LogP contribution in [0.2, 0.25) is 0 Å². The van der Waals surface area contributed by atoms with Crippen LogP contribution in [0.1, 0.15) is 5.56 Å². The summed E-state index contributed by atoms with van der Waals surface area (Å²) in [5.41, 5.74) is 1.81. The molecule has 6 nitrogen and oxygen atoms in total. The number of benzene rings is 2. The Kier molecular flexibility index (Phi) is 4.64. The summed E-state index contributed by atoms with van der Waals surface area (Å²) < 4.78 is 6.31. The highest BCUT2D eigenvalue weighted by Crippen LogP contribution is 2.26. The summed E-state index contributed by atoms with van der Waals surface area (Å²) >= 11 is 1.41. The highest BCUT2D eigenvalue weighted by molar-refractivity contribution is 7.22. The van der Waals surface area contributed by atoms with Crippen molar-refractivity contribution in [2.45, 2.75) is 12.6 Å². The number of fused-ring (bicyclic) bond motifs is 1.